The summed E-state index contributed by atoms with van der Waals surface area (Å²) < 4.78 is 27.1. The van der Waals surface area contributed by atoms with Crippen LogP contribution in [0.15, 0.2) is 0 Å². The highest BCUT2D eigenvalue weighted by Gasteiger charge is 2.53. The molecule has 0 aliphatic carbocycles. The van der Waals surface area contributed by atoms with E-state index < -0.39 is 118 Å². The van der Waals surface area contributed by atoms with Crippen molar-refractivity contribution in [3.8, 4) is 0 Å². The van der Waals surface area contributed by atoms with Gasteiger partial charge in [0.25, 0.3) is 0 Å². The van der Waals surface area contributed by atoms with E-state index in [1.807, 2.05) is 0 Å². The van der Waals surface area contributed by atoms with Gasteiger partial charge in [-0.2, -0.15) is 0 Å². The molecule has 11 N–H and O–H groups in total. The van der Waals surface area contributed by atoms with E-state index in [9.17, 15) is 55.9 Å². The van der Waals surface area contributed by atoms with E-state index in [0.29, 0.717) is 0 Å². The van der Waals surface area contributed by atoms with Gasteiger partial charge in [0.1, 0.15) is 73.2 Å². The van der Waals surface area contributed by atoms with Crippen molar-refractivity contribution in [2.24, 2.45) is 0 Å². The van der Waals surface area contributed by atoms with Crippen LogP contribution >= 0.6 is 0 Å². The Morgan fingerprint density at radius 3 is 1.70 bits per heavy atom. The Bertz CT molecular complexity index is 745. The van der Waals surface area contributed by atoms with Gasteiger partial charge in [-0.1, -0.05) is 0 Å². The zero-order valence-electron chi connectivity index (χ0n) is 19.7. The van der Waals surface area contributed by atoms with Crippen LogP contribution in [-0.4, -0.2) is 169 Å². The second-order valence-corrected chi connectivity index (χ2v) is 9.07. The van der Waals surface area contributed by atoms with Gasteiger partial charge in [0.05, 0.1) is 19.8 Å². The van der Waals surface area contributed by atoms with Gasteiger partial charge in [-0.15, -0.1) is 0 Å². The molecule has 15 atom stereocenters. The lowest BCUT2D eigenvalue weighted by Crippen LogP contribution is -2.68. The summed E-state index contributed by atoms with van der Waals surface area (Å²) in [4.78, 5) is 11.6. The summed E-state index contributed by atoms with van der Waals surface area (Å²) in [5.74, 6) is -0.652. The normalized spacial score (nSPS) is 49.0. The first-order chi connectivity index (χ1) is 17.4. The van der Waals surface area contributed by atoms with Crippen LogP contribution < -0.4 is 5.32 Å². The van der Waals surface area contributed by atoms with E-state index in [4.69, 9.17) is 23.7 Å². The maximum absolute atomic E-state index is 11.6. The Labute approximate surface area is 210 Å². The molecule has 1 unspecified atom stereocenters. The molecule has 3 heterocycles. The number of amides is 1. The van der Waals surface area contributed by atoms with E-state index in [-0.39, 0.29) is 0 Å². The molecular formula is C20H35NO16. The van der Waals surface area contributed by atoms with Crippen LogP contribution in [0.1, 0.15) is 6.92 Å². The summed E-state index contributed by atoms with van der Waals surface area (Å²) in [5, 5.41) is 103. The van der Waals surface area contributed by atoms with Crippen LogP contribution in [0.25, 0.3) is 0 Å². The predicted octanol–water partition coefficient (Wildman–Crippen LogP) is -7.43. The maximum atomic E-state index is 11.6. The highest BCUT2D eigenvalue weighted by atomic mass is 16.7. The zero-order chi connectivity index (χ0) is 27.6. The van der Waals surface area contributed by atoms with Gasteiger partial charge in [0.2, 0.25) is 5.91 Å². The Balaban J connectivity index is 1.81. The molecule has 0 spiro atoms. The number of aliphatic hydroxyl groups excluding tert-OH is 10. The number of nitrogens with one attached hydrogen (secondary N) is 1. The molecule has 0 aromatic carbocycles. The summed E-state index contributed by atoms with van der Waals surface area (Å²) in [6.45, 7) is -1.22. The molecule has 37 heavy (non-hydrogen) atoms. The minimum absolute atomic E-state index is 0.652. The fraction of sp³-hybridized carbons (Fsp3) is 0.950. The number of ether oxygens (including phenoxy) is 5. The van der Waals surface area contributed by atoms with Crippen molar-refractivity contribution >= 4 is 5.91 Å². The number of hydrogen-bond acceptors (Lipinski definition) is 16. The van der Waals surface area contributed by atoms with Crippen LogP contribution in [0.3, 0.4) is 0 Å². The van der Waals surface area contributed by atoms with Crippen molar-refractivity contribution in [1.82, 2.24) is 5.32 Å². The largest absolute Gasteiger partial charge is 0.394 e. The fourth-order valence-corrected chi connectivity index (χ4v) is 4.45. The monoisotopic (exact) mass is 545 g/mol. The highest BCUT2D eigenvalue weighted by Crippen LogP contribution is 2.32. The van der Waals surface area contributed by atoms with Gasteiger partial charge in [0.15, 0.2) is 18.9 Å². The molecule has 1 amide bonds. The Morgan fingerprint density at radius 2 is 1.16 bits per heavy atom. The zero-order valence-corrected chi connectivity index (χ0v) is 19.7. The molecule has 3 aliphatic rings. The molecule has 0 bridgehead atoms. The van der Waals surface area contributed by atoms with Crippen molar-refractivity contribution < 1.29 is 79.5 Å². The molecule has 17 nitrogen and oxygen atoms in total. The molecule has 3 rings (SSSR count). The van der Waals surface area contributed by atoms with E-state index in [0.717, 1.165) is 6.92 Å². The van der Waals surface area contributed by atoms with Crippen molar-refractivity contribution in [2.45, 2.75) is 99.0 Å². The van der Waals surface area contributed by atoms with Crippen molar-refractivity contribution in [1.29, 1.82) is 0 Å². The van der Waals surface area contributed by atoms with Gasteiger partial charge in [-0.05, 0) is 0 Å². The SMILES string of the molecule is CC(=O)N[C@H]1[C@H](O[C@@H]2C(O)O[C@H](CO)[C@@H](O[C@@H]3O[C@H](CO)[C@H](O)[C@H](O)[C@H]3O)[C@@H]2O)O[C@H](CO)[C@@H](O)[C@@H]1O. The van der Waals surface area contributed by atoms with Crippen LogP contribution in [0.5, 0.6) is 0 Å². The van der Waals surface area contributed by atoms with Crippen molar-refractivity contribution in [2.75, 3.05) is 19.8 Å². The third kappa shape index (κ3) is 6.38. The summed E-state index contributed by atoms with van der Waals surface area (Å²) in [7, 11) is 0. The summed E-state index contributed by atoms with van der Waals surface area (Å²) in [6, 6.07) is -1.42. The van der Waals surface area contributed by atoms with Crippen molar-refractivity contribution in [3.05, 3.63) is 0 Å². The summed E-state index contributed by atoms with van der Waals surface area (Å²) >= 11 is 0. The van der Waals surface area contributed by atoms with Crippen molar-refractivity contribution in [3.63, 3.8) is 0 Å². The van der Waals surface area contributed by atoms with Gasteiger partial charge < -0.3 is 80.1 Å². The number of aliphatic hydroxyl groups is 10. The first-order valence-electron chi connectivity index (χ1n) is 11.6. The third-order valence-electron chi connectivity index (χ3n) is 6.50. The van der Waals surface area contributed by atoms with Crippen LogP contribution in [0.4, 0.5) is 0 Å². The van der Waals surface area contributed by atoms with Crippen LogP contribution in [0, 0.1) is 0 Å². The number of carbonyl (C=O) groups is 1. The molecule has 0 aromatic heterocycles. The third-order valence-corrected chi connectivity index (χ3v) is 6.50. The Hall–Kier alpha value is -1.13. The predicted molar refractivity (Wildman–Crippen MR) is 113 cm³/mol. The van der Waals surface area contributed by atoms with Gasteiger partial charge in [-0.25, -0.2) is 0 Å². The van der Waals surface area contributed by atoms with E-state index >= 15 is 0 Å². The standard InChI is InChI=1S/C20H35NO16/c1-5(25)21-9-12(28)10(26)6(2-22)34-19(9)37-17-15(31)16(8(4-24)33-18(17)32)36-20-14(30)13(29)11(27)7(3-23)35-20/h6-20,22-24,26-32H,2-4H2,1H3,(H,21,25)/t6-,7-,8-,9-,10-,11+,12-,13+,14-,15+,16-,17+,18?,19+,20+/m1/s1. The van der Waals surface area contributed by atoms with Gasteiger partial charge in [-0.3, -0.25) is 4.79 Å². The van der Waals surface area contributed by atoms with Crippen LogP contribution in [0.2, 0.25) is 0 Å². The first-order valence-corrected chi connectivity index (χ1v) is 11.6. The van der Waals surface area contributed by atoms with E-state index in [1.165, 1.54) is 0 Å². The number of hydrogen-bond donors (Lipinski definition) is 11. The molecule has 216 valence electrons. The molecule has 3 saturated heterocycles. The van der Waals surface area contributed by atoms with E-state index in [1.54, 1.807) is 0 Å². The molecule has 3 fully saturated rings. The summed E-state index contributed by atoms with van der Waals surface area (Å²) in [6.07, 6.45) is -23.3. The molecule has 0 saturated carbocycles. The molecular weight excluding hydrogens is 510 g/mol. The van der Waals surface area contributed by atoms with Gasteiger partial charge in [0, 0.05) is 6.92 Å². The lowest BCUT2D eigenvalue weighted by molar-refractivity contribution is -0.376. The minimum Gasteiger partial charge on any atom is -0.394 e. The summed E-state index contributed by atoms with van der Waals surface area (Å²) in [5.41, 5.74) is 0. The molecule has 17 heteroatoms. The first kappa shape index (κ1) is 30.4. The second kappa shape index (κ2) is 12.8. The Kier molecular flexibility index (Phi) is 10.5. The highest BCUT2D eigenvalue weighted by molar-refractivity contribution is 5.73. The average molecular weight is 545 g/mol. The maximum Gasteiger partial charge on any atom is 0.217 e. The fourth-order valence-electron chi connectivity index (χ4n) is 4.45. The number of carbonyl (C=O) groups excluding carboxylic acids is 1. The van der Waals surface area contributed by atoms with E-state index in [2.05, 4.69) is 5.32 Å². The average Bonchev–Trinajstić information content (AvgIpc) is 2.86. The van der Waals surface area contributed by atoms with Gasteiger partial charge >= 0.3 is 0 Å². The quantitative estimate of drug-likeness (QED) is 0.135. The molecule has 0 aromatic rings. The Morgan fingerprint density at radius 1 is 0.649 bits per heavy atom. The lowest BCUT2D eigenvalue weighted by Gasteiger charge is -2.48. The topological polar surface area (TPSA) is 278 Å². The molecule has 3 aliphatic heterocycles. The smallest absolute Gasteiger partial charge is 0.217 e. The lowest BCUT2D eigenvalue weighted by atomic mass is 9.95. The second-order valence-electron chi connectivity index (χ2n) is 9.07. The minimum atomic E-state index is -1.93. The number of rotatable bonds is 8. The van der Waals surface area contributed by atoms with Crippen LogP contribution in [-0.2, 0) is 28.5 Å². The molecule has 0 radical (unpaired) electrons.